The number of halogens is 1. The molecule has 1 saturated carbocycles. The molecule has 2 unspecified atom stereocenters. The molecular weight excluding hydrogens is 476 g/mol. The van der Waals surface area contributed by atoms with Gasteiger partial charge in [-0.2, -0.15) is 0 Å². The van der Waals surface area contributed by atoms with Crippen molar-refractivity contribution in [3.05, 3.63) is 54.3 Å². The topological polar surface area (TPSA) is 103 Å². The molecule has 3 heterocycles. The van der Waals surface area contributed by atoms with Gasteiger partial charge >= 0.3 is 0 Å². The summed E-state index contributed by atoms with van der Waals surface area (Å²) in [6.45, 7) is 4.75. The van der Waals surface area contributed by atoms with Crippen LogP contribution in [-0.4, -0.2) is 56.8 Å². The van der Waals surface area contributed by atoms with Gasteiger partial charge in [0, 0.05) is 53.8 Å². The fraction of sp³-hybridized carbons (Fsp3) is 0.407. The van der Waals surface area contributed by atoms with E-state index in [9.17, 15) is 9.59 Å². The zero-order chi connectivity index (χ0) is 25.1. The number of amides is 2. The standard InChI is InChI=1S/C27H31ClN6O2/c1-2-24(35)34-12-10-17(11-13-34)26(36)31-18-6-5-7-19(14-18)32-27-30-16-22(28)25(33-27)21-15-29-23-9-4-3-8-20(21)23/h2-4,8-9,15-19,29H,1,5-7,10-14H2,(H,31,36)(H,30,32,33). The third-order valence-electron chi connectivity index (χ3n) is 7.29. The minimum atomic E-state index is -0.0627. The predicted molar refractivity (Wildman–Crippen MR) is 142 cm³/mol. The van der Waals surface area contributed by atoms with Crippen molar-refractivity contribution in [1.82, 2.24) is 25.2 Å². The number of rotatable bonds is 6. The molecule has 0 bridgehead atoms. The lowest BCUT2D eigenvalue weighted by molar-refractivity contribution is -0.132. The van der Waals surface area contributed by atoms with Crippen LogP contribution in [0.25, 0.3) is 22.2 Å². The number of fused-ring (bicyclic) bond motifs is 1. The number of nitrogens with zero attached hydrogens (tertiary/aromatic N) is 3. The lowest BCUT2D eigenvalue weighted by atomic mass is 9.89. The number of aromatic amines is 1. The van der Waals surface area contributed by atoms with Gasteiger partial charge in [-0.15, -0.1) is 0 Å². The Morgan fingerprint density at radius 3 is 2.72 bits per heavy atom. The van der Waals surface area contributed by atoms with E-state index in [4.69, 9.17) is 16.6 Å². The Labute approximate surface area is 215 Å². The Balaban J connectivity index is 1.20. The molecule has 1 aliphatic heterocycles. The van der Waals surface area contributed by atoms with Crippen molar-refractivity contribution in [2.45, 2.75) is 50.6 Å². The second kappa shape index (κ2) is 10.7. The van der Waals surface area contributed by atoms with Crippen molar-refractivity contribution in [2.75, 3.05) is 18.4 Å². The summed E-state index contributed by atoms with van der Waals surface area (Å²) in [6.07, 6.45) is 10.0. The highest BCUT2D eigenvalue weighted by molar-refractivity contribution is 6.33. The molecular formula is C27H31ClN6O2. The van der Waals surface area contributed by atoms with Crippen molar-refractivity contribution >= 4 is 40.3 Å². The molecule has 1 saturated heterocycles. The van der Waals surface area contributed by atoms with E-state index >= 15 is 0 Å². The van der Waals surface area contributed by atoms with Gasteiger partial charge in [-0.3, -0.25) is 9.59 Å². The van der Waals surface area contributed by atoms with Crippen LogP contribution in [0.1, 0.15) is 38.5 Å². The molecule has 1 aromatic carbocycles. The molecule has 3 N–H and O–H groups in total. The summed E-state index contributed by atoms with van der Waals surface area (Å²) in [7, 11) is 0. The number of hydrogen-bond donors (Lipinski definition) is 3. The maximum atomic E-state index is 12.9. The second-order valence-electron chi connectivity index (χ2n) is 9.66. The summed E-state index contributed by atoms with van der Waals surface area (Å²) in [4.78, 5) is 38.9. The first-order chi connectivity index (χ1) is 17.5. The van der Waals surface area contributed by atoms with Crippen LogP contribution in [0.5, 0.6) is 0 Å². The van der Waals surface area contributed by atoms with Crippen LogP contribution in [0.3, 0.4) is 0 Å². The van der Waals surface area contributed by atoms with Gasteiger partial charge in [-0.05, 0) is 50.7 Å². The van der Waals surface area contributed by atoms with Crippen molar-refractivity contribution in [3.63, 3.8) is 0 Å². The number of benzene rings is 1. The fourth-order valence-corrected chi connectivity index (χ4v) is 5.53. The highest BCUT2D eigenvalue weighted by Crippen LogP contribution is 2.33. The zero-order valence-corrected chi connectivity index (χ0v) is 20.9. The Hall–Kier alpha value is -3.39. The number of H-pyrrole nitrogens is 1. The van der Waals surface area contributed by atoms with E-state index in [0.29, 0.717) is 42.6 Å². The number of hydrogen-bond acceptors (Lipinski definition) is 5. The Morgan fingerprint density at radius 2 is 1.92 bits per heavy atom. The molecule has 8 nitrogen and oxygen atoms in total. The lowest BCUT2D eigenvalue weighted by Gasteiger charge is -2.34. The van der Waals surface area contributed by atoms with Gasteiger partial charge in [-0.1, -0.05) is 36.4 Å². The molecule has 36 heavy (non-hydrogen) atoms. The van der Waals surface area contributed by atoms with E-state index in [1.807, 2.05) is 30.5 Å². The number of carbonyl (C=O) groups is 2. The molecule has 9 heteroatoms. The highest BCUT2D eigenvalue weighted by atomic mass is 35.5. The molecule has 3 aromatic rings. The zero-order valence-electron chi connectivity index (χ0n) is 20.2. The Bertz CT molecular complexity index is 1270. The largest absolute Gasteiger partial charge is 0.360 e. The molecule has 1 aliphatic carbocycles. The Kier molecular flexibility index (Phi) is 7.23. The number of likely N-dealkylation sites (tertiary alicyclic amines) is 1. The maximum absolute atomic E-state index is 12.9. The molecule has 2 atom stereocenters. The predicted octanol–water partition coefficient (Wildman–Crippen LogP) is 4.54. The quantitative estimate of drug-likeness (QED) is 0.426. The van der Waals surface area contributed by atoms with Crippen LogP contribution in [-0.2, 0) is 9.59 Å². The van der Waals surface area contributed by atoms with E-state index in [1.54, 1.807) is 11.1 Å². The first-order valence-electron chi connectivity index (χ1n) is 12.6. The molecule has 2 amide bonds. The number of anilines is 1. The minimum absolute atomic E-state index is 0.0504. The van der Waals surface area contributed by atoms with Gasteiger partial charge in [0.05, 0.1) is 16.9 Å². The first-order valence-corrected chi connectivity index (χ1v) is 13.0. The van der Waals surface area contributed by atoms with Gasteiger partial charge in [0.2, 0.25) is 17.8 Å². The number of carbonyl (C=O) groups excluding carboxylic acids is 2. The third kappa shape index (κ3) is 5.23. The molecule has 2 aliphatic rings. The average molecular weight is 507 g/mol. The Morgan fingerprint density at radius 1 is 1.14 bits per heavy atom. The molecule has 2 aromatic heterocycles. The molecule has 0 spiro atoms. The van der Waals surface area contributed by atoms with Crippen LogP contribution in [0.15, 0.2) is 49.3 Å². The van der Waals surface area contributed by atoms with Crippen LogP contribution in [0.4, 0.5) is 5.95 Å². The summed E-state index contributed by atoms with van der Waals surface area (Å²) in [6, 6.07) is 8.32. The molecule has 5 rings (SSSR count). The molecule has 2 fully saturated rings. The van der Waals surface area contributed by atoms with Crippen LogP contribution < -0.4 is 10.6 Å². The van der Waals surface area contributed by atoms with Gasteiger partial charge < -0.3 is 20.5 Å². The smallest absolute Gasteiger partial charge is 0.245 e. The molecule has 0 radical (unpaired) electrons. The highest BCUT2D eigenvalue weighted by Gasteiger charge is 2.30. The van der Waals surface area contributed by atoms with Crippen molar-refractivity contribution < 1.29 is 9.59 Å². The van der Waals surface area contributed by atoms with Crippen molar-refractivity contribution in [1.29, 1.82) is 0 Å². The van der Waals surface area contributed by atoms with Crippen molar-refractivity contribution in [3.8, 4) is 11.3 Å². The SMILES string of the molecule is C=CC(=O)N1CCC(C(=O)NC2CCCC(Nc3ncc(Cl)c(-c4c[nH]c5ccccc45)n3)C2)CC1. The van der Waals surface area contributed by atoms with Crippen LogP contribution >= 0.6 is 11.6 Å². The van der Waals surface area contributed by atoms with E-state index in [-0.39, 0.29) is 29.8 Å². The monoisotopic (exact) mass is 506 g/mol. The number of piperidine rings is 1. The summed E-state index contributed by atoms with van der Waals surface area (Å²) >= 11 is 6.48. The van der Waals surface area contributed by atoms with Crippen LogP contribution in [0.2, 0.25) is 5.02 Å². The second-order valence-corrected chi connectivity index (χ2v) is 10.1. The first kappa shape index (κ1) is 24.3. The number of aromatic nitrogens is 3. The third-order valence-corrected chi connectivity index (χ3v) is 7.57. The number of nitrogens with one attached hydrogen (secondary N) is 3. The minimum Gasteiger partial charge on any atom is -0.360 e. The van der Waals surface area contributed by atoms with Gasteiger partial charge in [0.25, 0.3) is 0 Å². The number of para-hydroxylation sites is 1. The maximum Gasteiger partial charge on any atom is 0.245 e. The van der Waals surface area contributed by atoms with E-state index in [0.717, 1.165) is 42.1 Å². The van der Waals surface area contributed by atoms with E-state index in [2.05, 4.69) is 27.2 Å². The van der Waals surface area contributed by atoms with Crippen LogP contribution in [0, 0.1) is 5.92 Å². The van der Waals surface area contributed by atoms with Gasteiger partial charge in [0.15, 0.2) is 0 Å². The summed E-state index contributed by atoms with van der Waals surface area (Å²) in [5.74, 6) is 0.518. The van der Waals surface area contributed by atoms with Gasteiger partial charge in [0.1, 0.15) is 0 Å². The van der Waals surface area contributed by atoms with E-state index in [1.165, 1.54) is 6.08 Å². The fourth-order valence-electron chi connectivity index (χ4n) is 5.34. The lowest BCUT2D eigenvalue weighted by Crippen LogP contribution is -2.47. The van der Waals surface area contributed by atoms with Gasteiger partial charge in [-0.25, -0.2) is 9.97 Å². The van der Waals surface area contributed by atoms with E-state index < -0.39 is 0 Å². The average Bonchev–Trinajstić information content (AvgIpc) is 3.33. The normalized spacial score (nSPS) is 20.8. The molecule has 188 valence electrons. The summed E-state index contributed by atoms with van der Waals surface area (Å²) < 4.78 is 0. The summed E-state index contributed by atoms with van der Waals surface area (Å²) in [5, 5.41) is 8.29. The summed E-state index contributed by atoms with van der Waals surface area (Å²) in [5.41, 5.74) is 2.66. The van der Waals surface area contributed by atoms with Crippen molar-refractivity contribution in [2.24, 2.45) is 5.92 Å².